The van der Waals surface area contributed by atoms with Crippen LogP contribution in [0.2, 0.25) is 0 Å². The van der Waals surface area contributed by atoms with Crippen LogP contribution in [0, 0.1) is 6.92 Å². The van der Waals surface area contributed by atoms with Gasteiger partial charge in [-0.25, -0.2) is 0 Å². The summed E-state index contributed by atoms with van der Waals surface area (Å²) in [5.41, 5.74) is 3.55. The average molecular weight is 362 g/mol. The minimum absolute atomic E-state index is 0.0340. The van der Waals surface area contributed by atoms with E-state index in [1.54, 1.807) is 0 Å². The number of rotatable bonds is 6. The van der Waals surface area contributed by atoms with Crippen LogP contribution in [0.1, 0.15) is 47.6 Å². The maximum Gasteiger partial charge on any atom is 0.251 e. The monoisotopic (exact) mass is 362 g/mol. The molecule has 2 N–H and O–H groups in total. The van der Waals surface area contributed by atoms with Gasteiger partial charge in [-0.2, -0.15) is 0 Å². The van der Waals surface area contributed by atoms with E-state index >= 15 is 0 Å². The Kier molecular flexibility index (Phi) is 4.62. The SMILES string of the molecule is Cc1ccc(-c2nnc([C@@H](C)Nc3cccc(C(=O)NC4CC4)c3)o2)cc1. The van der Waals surface area contributed by atoms with Crippen LogP contribution in [0.25, 0.3) is 11.5 Å². The van der Waals surface area contributed by atoms with Crippen LogP contribution in [0.4, 0.5) is 5.69 Å². The molecular formula is C21H22N4O2. The van der Waals surface area contributed by atoms with Gasteiger partial charge in [0, 0.05) is 22.9 Å². The van der Waals surface area contributed by atoms with Gasteiger partial charge in [0.05, 0.1) is 0 Å². The Morgan fingerprint density at radius 2 is 1.93 bits per heavy atom. The van der Waals surface area contributed by atoms with Crippen molar-refractivity contribution in [2.24, 2.45) is 0 Å². The van der Waals surface area contributed by atoms with Crippen LogP contribution in [0.3, 0.4) is 0 Å². The molecule has 0 bridgehead atoms. The largest absolute Gasteiger partial charge is 0.418 e. The van der Waals surface area contributed by atoms with E-state index in [-0.39, 0.29) is 11.9 Å². The second-order valence-corrected chi connectivity index (χ2v) is 7.01. The van der Waals surface area contributed by atoms with Crippen molar-refractivity contribution in [1.29, 1.82) is 0 Å². The molecule has 0 saturated heterocycles. The van der Waals surface area contributed by atoms with Gasteiger partial charge in [-0.1, -0.05) is 23.8 Å². The number of aryl methyl sites for hydroxylation is 1. The van der Waals surface area contributed by atoms with Crippen molar-refractivity contribution in [1.82, 2.24) is 15.5 Å². The highest BCUT2D eigenvalue weighted by molar-refractivity contribution is 5.95. The van der Waals surface area contributed by atoms with Crippen LogP contribution < -0.4 is 10.6 Å². The molecule has 1 fully saturated rings. The molecular weight excluding hydrogens is 340 g/mol. The summed E-state index contributed by atoms with van der Waals surface area (Å²) in [6.07, 6.45) is 2.14. The van der Waals surface area contributed by atoms with E-state index in [1.807, 2.05) is 62.4 Å². The van der Waals surface area contributed by atoms with Gasteiger partial charge in [0.1, 0.15) is 6.04 Å². The molecule has 4 rings (SSSR count). The molecule has 1 aliphatic carbocycles. The maximum absolute atomic E-state index is 12.2. The van der Waals surface area contributed by atoms with Crippen molar-refractivity contribution in [2.45, 2.75) is 38.8 Å². The van der Waals surface area contributed by atoms with Crippen LogP contribution in [0.15, 0.2) is 52.9 Å². The van der Waals surface area contributed by atoms with Gasteiger partial charge in [-0.3, -0.25) is 4.79 Å². The molecule has 1 aromatic heterocycles. The lowest BCUT2D eigenvalue weighted by Gasteiger charge is -2.12. The van der Waals surface area contributed by atoms with Crippen molar-refractivity contribution in [3.05, 3.63) is 65.5 Å². The normalized spacial score (nSPS) is 14.6. The van der Waals surface area contributed by atoms with Crippen LogP contribution >= 0.6 is 0 Å². The standard InChI is InChI=1S/C21H22N4O2/c1-13-6-8-15(9-7-13)21-25-24-20(27-21)14(2)22-18-5-3-4-16(12-18)19(26)23-17-10-11-17/h3-9,12,14,17,22H,10-11H2,1-2H3,(H,23,26)/t14-/m1/s1. The molecule has 27 heavy (non-hydrogen) atoms. The summed E-state index contributed by atoms with van der Waals surface area (Å²) in [5, 5.41) is 14.6. The molecule has 0 radical (unpaired) electrons. The fourth-order valence-corrected chi connectivity index (χ4v) is 2.78. The van der Waals surface area contributed by atoms with Gasteiger partial charge in [0.2, 0.25) is 11.8 Å². The summed E-state index contributed by atoms with van der Waals surface area (Å²) in [5.74, 6) is 0.961. The number of hydrogen-bond donors (Lipinski definition) is 2. The molecule has 3 aromatic rings. The molecule has 0 unspecified atom stereocenters. The number of amides is 1. The third-order valence-electron chi connectivity index (χ3n) is 4.53. The van der Waals surface area contributed by atoms with Crippen molar-refractivity contribution in [2.75, 3.05) is 5.32 Å². The highest BCUT2D eigenvalue weighted by atomic mass is 16.4. The predicted molar refractivity (Wildman–Crippen MR) is 103 cm³/mol. The first-order valence-electron chi connectivity index (χ1n) is 9.16. The van der Waals surface area contributed by atoms with E-state index in [9.17, 15) is 4.79 Å². The van der Waals surface area contributed by atoms with Crippen molar-refractivity contribution in [3.63, 3.8) is 0 Å². The molecule has 6 nitrogen and oxygen atoms in total. The fourth-order valence-electron chi connectivity index (χ4n) is 2.78. The minimum Gasteiger partial charge on any atom is -0.418 e. The van der Waals surface area contributed by atoms with E-state index in [1.165, 1.54) is 5.56 Å². The zero-order valence-corrected chi connectivity index (χ0v) is 15.4. The lowest BCUT2D eigenvalue weighted by Crippen LogP contribution is -2.25. The maximum atomic E-state index is 12.2. The van der Waals surface area contributed by atoms with Gasteiger partial charge < -0.3 is 15.1 Å². The minimum atomic E-state index is -0.182. The molecule has 1 aliphatic rings. The summed E-state index contributed by atoms with van der Waals surface area (Å²) in [6, 6.07) is 15.5. The highest BCUT2D eigenvalue weighted by Crippen LogP contribution is 2.24. The number of hydrogen-bond acceptors (Lipinski definition) is 5. The van der Waals surface area contributed by atoms with E-state index in [0.29, 0.717) is 23.4 Å². The van der Waals surface area contributed by atoms with E-state index in [2.05, 4.69) is 20.8 Å². The highest BCUT2D eigenvalue weighted by Gasteiger charge is 2.24. The molecule has 1 atom stereocenters. The lowest BCUT2D eigenvalue weighted by molar-refractivity contribution is 0.0951. The molecule has 2 aromatic carbocycles. The zero-order valence-electron chi connectivity index (χ0n) is 15.4. The Morgan fingerprint density at radius 1 is 1.15 bits per heavy atom. The Morgan fingerprint density at radius 3 is 2.67 bits per heavy atom. The van der Waals surface area contributed by atoms with Gasteiger partial charge in [-0.05, 0) is 57.0 Å². The Labute approximate surface area is 158 Å². The van der Waals surface area contributed by atoms with Crippen LogP contribution in [-0.4, -0.2) is 22.1 Å². The Balaban J connectivity index is 1.45. The molecule has 6 heteroatoms. The summed E-state index contributed by atoms with van der Waals surface area (Å²) in [6.45, 7) is 3.98. The third-order valence-corrected chi connectivity index (χ3v) is 4.53. The average Bonchev–Trinajstić information content (AvgIpc) is 3.34. The van der Waals surface area contributed by atoms with Crippen molar-refractivity contribution < 1.29 is 9.21 Å². The number of carbonyl (C=O) groups excluding carboxylic acids is 1. The van der Waals surface area contributed by atoms with Crippen LogP contribution in [0.5, 0.6) is 0 Å². The summed E-state index contributed by atoms with van der Waals surface area (Å²) >= 11 is 0. The first-order valence-corrected chi connectivity index (χ1v) is 9.16. The Bertz CT molecular complexity index is 945. The van der Waals surface area contributed by atoms with Gasteiger partial charge in [0.25, 0.3) is 5.91 Å². The van der Waals surface area contributed by atoms with Gasteiger partial charge in [-0.15, -0.1) is 10.2 Å². The second-order valence-electron chi connectivity index (χ2n) is 7.01. The first kappa shape index (κ1) is 17.3. The Hall–Kier alpha value is -3.15. The number of nitrogens with zero attached hydrogens (tertiary/aromatic N) is 2. The van der Waals surface area contributed by atoms with Gasteiger partial charge >= 0.3 is 0 Å². The zero-order chi connectivity index (χ0) is 18.8. The fraction of sp³-hybridized carbons (Fsp3) is 0.286. The first-order chi connectivity index (χ1) is 13.1. The van der Waals surface area contributed by atoms with Crippen molar-refractivity contribution >= 4 is 11.6 Å². The quantitative estimate of drug-likeness (QED) is 0.690. The smallest absolute Gasteiger partial charge is 0.251 e. The van der Waals surface area contributed by atoms with E-state index in [0.717, 1.165) is 24.1 Å². The summed E-state index contributed by atoms with van der Waals surface area (Å²) in [7, 11) is 0. The molecule has 1 heterocycles. The topological polar surface area (TPSA) is 80.0 Å². The summed E-state index contributed by atoms with van der Waals surface area (Å²) in [4.78, 5) is 12.2. The molecule has 0 spiro atoms. The van der Waals surface area contributed by atoms with E-state index < -0.39 is 0 Å². The molecule has 1 saturated carbocycles. The lowest BCUT2D eigenvalue weighted by atomic mass is 10.1. The number of benzene rings is 2. The number of aromatic nitrogens is 2. The van der Waals surface area contributed by atoms with E-state index in [4.69, 9.17) is 4.42 Å². The van der Waals surface area contributed by atoms with Gasteiger partial charge in [0.15, 0.2) is 0 Å². The molecule has 1 amide bonds. The number of carbonyl (C=O) groups is 1. The number of anilines is 1. The summed E-state index contributed by atoms with van der Waals surface area (Å²) < 4.78 is 5.82. The number of nitrogens with one attached hydrogen (secondary N) is 2. The molecule has 0 aliphatic heterocycles. The second kappa shape index (κ2) is 7.23. The van der Waals surface area contributed by atoms with Crippen molar-refractivity contribution in [3.8, 4) is 11.5 Å². The van der Waals surface area contributed by atoms with Crippen LogP contribution in [-0.2, 0) is 0 Å². The third kappa shape index (κ3) is 4.16. The molecule has 138 valence electrons. The predicted octanol–water partition coefficient (Wildman–Crippen LogP) is 4.11.